The second-order valence-corrected chi connectivity index (χ2v) is 3.54. The molecule has 0 bridgehead atoms. The van der Waals surface area contributed by atoms with Crippen LogP contribution in [0, 0.1) is 0 Å². The first-order valence-electron chi connectivity index (χ1n) is 4.64. The van der Waals surface area contributed by atoms with Gasteiger partial charge in [-0.3, -0.25) is 0 Å². The van der Waals surface area contributed by atoms with E-state index in [4.69, 9.17) is 0 Å². The van der Waals surface area contributed by atoms with E-state index in [1.807, 2.05) is 0 Å². The van der Waals surface area contributed by atoms with Crippen molar-refractivity contribution < 1.29 is 0 Å². The van der Waals surface area contributed by atoms with Gasteiger partial charge in [-0.25, -0.2) is 0 Å². The molecule has 13 heavy (non-hydrogen) atoms. The van der Waals surface area contributed by atoms with Gasteiger partial charge in [0.25, 0.3) is 0 Å². The summed E-state index contributed by atoms with van der Waals surface area (Å²) in [5.41, 5.74) is 2.81. The maximum Gasteiger partial charge on any atom is 0.0793 e. The fraction of sp³-hybridized carbons (Fsp3) is 0.167. The Bertz CT molecular complexity index is 380. The lowest BCUT2D eigenvalue weighted by molar-refractivity contribution is 0.365. The Hall–Kier alpha value is -1.50. The smallest absolute Gasteiger partial charge is 0.0793 e. The molecule has 0 aromatic rings. The number of allylic oxidation sites excluding steroid dienone is 4. The van der Waals surface area contributed by atoms with Gasteiger partial charge in [0, 0.05) is 12.7 Å². The van der Waals surface area contributed by atoms with Gasteiger partial charge in [-0.1, -0.05) is 36.5 Å². The second kappa shape index (κ2) is 2.49. The van der Waals surface area contributed by atoms with Crippen molar-refractivity contribution in [3.05, 3.63) is 59.9 Å². The van der Waals surface area contributed by atoms with Gasteiger partial charge in [0.05, 0.1) is 6.04 Å². The zero-order chi connectivity index (χ0) is 8.67. The van der Waals surface area contributed by atoms with Crippen molar-refractivity contribution in [2.75, 3.05) is 6.54 Å². The molecule has 0 amide bonds. The molecule has 1 aliphatic carbocycles. The average Bonchev–Trinajstić information content (AvgIpc) is 2.19. The van der Waals surface area contributed by atoms with E-state index in [9.17, 15) is 0 Å². The Morgan fingerprint density at radius 2 is 1.92 bits per heavy atom. The van der Waals surface area contributed by atoms with Crippen LogP contribution < -0.4 is 0 Å². The third kappa shape index (κ3) is 0.934. The normalized spacial score (nSPS) is 28.3. The summed E-state index contributed by atoms with van der Waals surface area (Å²) in [5.74, 6) is 0. The maximum absolute atomic E-state index is 2.37. The summed E-state index contributed by atoms with van der Waals surface area (Å²) in [6.45, 7) is 1.03. The Morgan fingerprint density at radius 1 is 1.08 bits per heavy atom. The van der Waals surface area contributed by atoms with Gasteiger partial charge >= 0.3 is 0 Å². The average molecular weight is 169 g/mol. The van der Waals surface area contributed by atoms with E-state index in [1.165, 1.54) is 11.1 Å². The summed E-state index contributed by atoms with van der Waals surface area (Å²) in [6, 6.07) is 0.486. The molecule has 3 rings (SSSR count). The van der Waals surface area contributed by atoms with Gasteiger partial charge in [0.2, 0.25) is 0 Å². The molecule has 2 aliphatic heterocycles. The SMILES string of the molecule is C1=CC2=CC=CN3CC=CC(=C1)C23. The molecular weight excluding hydrogens is 158 g/mol. The number of rotatable bonds is 0. The quantitative estimate of drug-likeness (QED) is 0.537. The van der Waals surface area contributed by atoms with E-state index < -0.39 is 0 Å². The minimum absolute atomic E-state index is 0.486. The van der Waals surface area contributed by atoms with Crippen LogP contribution in [-0.2, 0) is 0 Å². The zero-order valence-electron chi connectivity index (χ0n) is 7.35. The standard InChI is InChI=1S/C12H11N/c1-4-10-6-2-8-13-9-3-7-11(5-1)12(10)13/h1-8,12H,9H2. The summed E-state index contributed by atoms with van der Waals surface area (Å²) in [4.78, 5) is 2.37. The molecule has 1 nitrogen and oxygen atoms in total. The van der Waals surface area contributed by atoms with Crippen LogP contribution in [0.2, 0.25) is 0 Å². The highest BCUT2D eigenvalue weighted by Crippen LogP contribution is 2.30. The van der Waals surface area contributed by atoms with Crippen LogP contribution in [0.4, 0.5) is 0 Å². The minimum Gasteiger partial charge on any atom is -0.363 e. The van der Waals surface area contributed by atoms with E-state index >= 15 is 0 Å². The van der Waals surface area contributed by atoms with Crippen molar-refractivity contribution in [3.8, 4) is 0 Å². The van der Waals surface area contributed by atoms with Gasteiger partial charge < -0.3 is 4.90 Å². The minimum atomic E-state index is 0.486. The number of hydrogen-bond acceptors (Lipinski definition) is 1. The third-order valence-corrected chi connectivity index (χ3v) is 2.73. The molecule has 3 aliphatic rings. The van der Waals surface area contributed by atoms with Crippen LogP contribution in [0.25, 0.3) is 0 Å². The molecule has 2 heterocycles. The largest absolute Gasteiger partial charge is 0.363 e. The summed E-state index contributed by atoms with van der Waals surface area (Å²) < 4.78 is 0. The first kappa shape index (κ1) is 6.96. The Labute approximate surface area is 78.0 Å². The molecule has 64 valence electrons. The summed E-state index contributed by atoms with van der Waals surface area (Å²) in [7, 11) is 0. The first-order valence-corrected chi connectivity index (χ1v) is 4.64. The lowest BCUT2D eigenvalue weighted by Crippen LogP contribution is -2.38. The lowest BCUT2D eigenvalue weighted by atomic mass is 9.88. The Kier molecular flexibility index (Phi) is 1.33. The number of nitrogens with zero attached hydrogens (tertiary/aromatic N) is 1. The summed E-state index contributed by atoms with van der Waals surface area (Å²) in [6.07, 6.45) is 17.5. The van der Waals surface area contributed by atoms with Crippen LogP contribution in [0.15, 0.2) is 59.9 Å². The predicted octanol–water partition coefficient (Wildman–Crippen LogP) is 2.18. The lowest BCUT2D eigenvalue weighted by Gasteiger charge is -2.37. The van der Waals surface area contributed by atoms with Crippen LogP contribution in [0.5, 0.6) is 0 Å². The molecule has 1 unspecified atom stereocenters. The van der Waals surface area contributed by atoms with Crippen LogP contribution in [0.1, 0.15) is 0 Å². The van der Waals surface area contributed by atoms with E-state index in [0.29, 0.717) is 6.04 Å². The third-order valence-electron chi connectivity index (χ3n) is 2.73. The highest BCUT2D eigenvalue weighted by molar-refractivity contribution is 5.50. The molecule has 0 N–H and O–H groups in total. The molecular formula is C12H11N. The molecule has 1 heteroatoms. The Balaban J connectivity index is 2.16. The highest BCUT2D eigenvalue weighted by Gasteiger charge is 2.26. The maximum atomic E-state index is 2.37. The molecule has 0 saturated carbocycles. The molecule has 0 spiro atoms. The van der Waals surface area contributed by atoms with E-state index in [1.54, 1.807) is 0 Å². The molecule has 0 aromatic heterocycles. The van der Waals surface area contributed by atoms with Gasteiger partial charge in [0.15, 0.2) is 0 Å². The van der Waals surface area contributed by atoms with Gasteiger partial charge in [-0.2, -0.15) is 0 Å². The zero-order valence-corrected chi connectivity index (χ0v) is 7.35. The molecule has 0 fully saturated rings. The highest BCUT2D eigenvalue weighted by atomic mass is 15.1. The fourth-order valence-corrected chi connectivity index (χ4v) is 2.15. The summed E-state index contributed by atoms with van der Waals surface area (Å²) in [5, 5.41) is 0. The monoisotopic (exact) mass is 169 g/mol. The topological polar surface area (TPSA) is 3.24 Å². The molecule has 1 atom stereocenters. The van der Waals surface area contributed by atoms with Gasteiger partial charge in [-0.05, 0) is 17.2 Å². The van der Waals surface area contributed by atoms with Crippen molar-refractivity contribution in [2.24, 2.45) is 0 Å². The van der Waals surface area contributed by atoms with Crippen molar-refractivity contribution in [1.29, 1.82) is 0 Å². The fourth-order valence-electron chi connectivity index (χ4n) is 2.15. The van der Waals surface area contributed by atoms with Gasteiger partial charge in [0.1, 0.15) is 0 Å². The summed E-state index contributed by atoms with van der Waals surface area (Å²) >= 11 is 0. The molecule has 0 radical (unpaired) electrons. The van der Waals surface area contributed by atoms with Crippen molar-refractivity contribution in [3.63, 3.8) is 0 Å². The van der Waals surface area contributed by atoms with Crippen molar-refractivity contribution >= 4 is 0 Å². The van der Waals surface area contributed by atoms with E-state index in [-0.39, 0.29) is 0 Å². The predicted molar refractivity (Wildman–Crippen MR) is 54.1 cm³/mol. The number of hydrogen-bond donors (Lipinski definition) is 0. The Morgan fingerprint density at radius 3 is 2.92 bits per heavy atom. The van der Waals surface area contributed by atoms with Crippen LogP contribution >= 0.6 is 0 Å². The first-order chi connectivity index (χ1) is 6.45. The van der Waals surface area contributed by atoms with E-state index in [0.717, 1.165) is 6.54 Å². The van der Waals surface area contributed by atoms with Crippen molar-refractivity contribution in [1.82, 2.24) is 4.90 Å². The van der Waals surface area contributed by atoms with E-state index in [2.05, 4.69) is 53.6 Å². The van der Waals surface area contributed by atoms with Crippen molar-refractivity contribution in [2.45, 2.75) is 6.04 Å². The van der Waals surface area contributed by atoms with Crippen LogP contribution in [0.3, 0.4) is 0 Å². The van der Waals surface area contributed by atoms with Gasteiger partial charge in [-0.15, -0.1) is 0 Å². The second-order valence-electron chi connectivity index (χ2n) is 3.54. The van der Waals surface area contributed by atoms with Crippen LogP contribution in [-0.4, -0.2) is 17.5 Å². The molecule has 0 saturated heterocycles. The molecule has 0 aromatic carbocycles.